The lowest BCUT2D eigenvalue weighted by molar-refractivity contribution is -0.120. The zero-order valence-electron chi connectivity index (χ0n) is 13.7. The Morgan fingerprint density at radius 1 is 1.17 bits per heavy atom. The van der Waals surface area contributed by atoms with Crippen LogP contribution in [0.4, 0.5) is 5.82 Å². The van der Waals surface area contributed by atoms with Crippen LogP contribution in [0.3, 0.4) is 0 Å². The molecular weight excluding hydrogens is 304 g/mol. The maximum atomic E-state index is 12.3. The summed E-state index contributed by atoms with van der Waals surface area (Å²) in [5.74, 6) is -0.395. The lowest BCUT2D eigenvalue weighted by Crippen LogP contribution is -2.44. The Bertz CT molecular complexity index is 713. The lowest BCUT2D eigenvalue weighted by Gasteiger charge is -2.15. The van der Waals surface area contributed by atoms with Crippen LogP contribution in [0.1, 0.15) is 36.5 Å². The molecule has 1 heterocycles. The number of hydrogen-bond acceptors (Lipinski definition) is 4. The van der Waals surface area contributed by atoms with Crippen molar-refractivity contribution < 1.29 is 9.59 Å². The Morgan fingerprint density at radius 2 is 1.88 bits per heavy atom. The molecule has 0 radical (unpaired) electrons. The second-order valence-corrected chi connectivity index (χ2v) is 5.60. The highest BCUT2D eigenvalue weighted by atomic mass is 16.2. The SMILES string of the molecule is CCCCC(NC(=O)c1ccc(-c2cccc(N)n2)cc1)C(N)=O. The third kappa shape index (κ3) is 4.55. The predicted octanol–water partition coefficient (Wildman–Crippen LogP) is 2.10. The summed E-state index contributed by atoms with van der Waals surface area (Å²) in [6.45, 7) is 2.02. The number of unbranched alkanes of at least 4 members (excludes halogenated alkanes) is 1. The van der Waals surface area contributed by atoms with E-state index >= 15 is 0 Å². The molecule has 6 heteroatoms. The lowest BCUT2D eigenvalue weighted by atomic mass is 10.1. The zero-order valence-corrected chi connectivity index (χ0v) is 13.7. The number of benzene rings is 1. The van der Waals surface area contributed by atoms with Crippen LogP contribution in [-0.4, -0.2) is 22.8 Å². The summed E-state index contributed by atoms with van der Waals surface area (Å²) in [5, 5.41) is 2.69. The van der Waals surface area contributed by atoms with Crippen molar-refractivity contribution in [3.63, 3.8) is 0 Å². The van der Waals surface area contributed by atoms with Gasteiger partial charge in [0.1, 0.15) is 11.9 Å². The van der Waals surface area contributed by atoms with Gasteiger partial charge in [0.05, 0.1) is 5.69 Å². The van der Waals surface area contributed by atoms with Gasteiger partial charge >= 0.3 is 0 Å². The molecule has 24 heavy (non-hydrogen) atoms. The number of anilines is 1. The molecule has 0 saturated carbocycles. The second-order valence-electron chi connectivity index (χ2n) is 5.60. The van der Waals surface area contributed by atoms with E-state index in [-0.39, 0.29) is 5.91 Å². The summed E-state index contributed by atoms with van der Waals surface area (Å²) in [6.07, 6.45) is 2.30. The van der Waals surface area contributed by atoms with E-state index in [2.05, 4.69) is 10.3 Å². The van der Waals surface area contributed by atoms with Gasteiger partial charge in [0.15, 0.2) is 0 Å². The number of carbonyl (C=O) groups is 2. The molecule has 2 rings (SSSR count). The van der Waals surface area contributed by atoms with Crippen LogP contribution in [0.15, 0.2) is 42.5 Å². The Labute approximate surface area is 141 Å². The molecule has 0 aliphatic heterocycles. The molecule has 0 fully saturated rings. The first-order valence-electron chi connectivity index (χ1n) is 7.94. The van der Waals surface area contributed by atoms with Crippen molar-refractivity contribution in [3.05, 3.63) is 48.0 Å². The van der Waals surface area contributed by atoms with E-state index in [0.29, 0.717) is 17.8 Å². The van der Waals surface area contributed by atoms with Gasteiger partial charge in [-0.25, -0.2) is 4.98 Å². The first-order valence-corrected chi connectivity index (χ1v) is 7.94. The van der Waals surface area contributed by atoms with Crippen molar-refractivity contribution in [1.82, 2.24) is 10.3 Å². The molecule has 0 spiro atoms. The van der Waals surface area contributed by atoms with Crippen LogP contribution in [0.2, 0.25) is 0 Å². The standard InChI is InChI=1S/C18H22N4O2/c1-2-3-5-15(17(20)23)22-18(24)13-10-8-12(9-11-13)14-6-4-7-16(19)21-14/h4,6-11,15H,2-3,5H2,1H3,(H2,19,21)(H2,20,23)(H,22,24). The average Bonchev–Trinajstić information content (AvgIpc) is 2.58. The molecule has 5 N–H and O–H groups in total. The smallest absolute Gasteiger partial charge is 0.251 e. The van der Waals surface area contributed by atoms with Gasteiger partial charge in [-0.2, -0.15) is 0 Å². The first-order chi connectivity index (χ1) is 11.5. The third-order valence-corrected chi connectivity index (χ3v) is 3.71. The Balaban J connectivity index is 2.09. The van der Waals surface area contributed by atoms with Crippen LogP contribution in [0.5, 0.6) is 0 Å². The molecule has 126 valence electrons. The number of nitrogens with two attached hydrogens (primary N) is 2. The Hall–Kier alpha value is -2.89. The number of rotatable bonds is 7. The fourth-order valence-electron chi connectivity index (χ4n) is 2.34. The number of aromatic nitrogens is 1. The summed E-state index contributed by atoms with van der Waals surface area (Å²) in [4.78, 5) is 27.9. The van der Waals surface area contributed by atoms with E-state index in [1.165, 1.54) is 0 Å². The van der Waals surface area contributed by atoms with Gasteiger partial charge in [0.25, 0.3) is 5.91 Å². The summed E-state index contributed by atoms with van der Waals surface area (Å²) in [5.41, 5.74) is 13.1. The largest absolute Gasteiger partial charge is 0.384 e. The summed E-state index contributed by atoms with van der Waals surface area (Å²) in [6, 6.07) is 11.7. The number of hydrogen-bond donors (Lipinski definition) is 3. The highest BCUT2D eigenvalue weighted by Crippen LogP contribution is 2.18. The number of nitrogens with one attached hydrogen (secondary N) is 1. The van der Waals surface area contributed by atoms with Crippen LogP contribution < -0.4 is 16.8 Å². The van der Waals surface area contributed by atoms with Crippen molar-refractivity contribution in [2.45, 2.75) is 32.2 Å². The zero-order chi connectivity index (χ0) is 17.5. The summed E-state index contributed by atoms with van der Waals surface area (Å²) >= 11 is 0. The van der Waals surface area contributed by atoms with E-state index in [1.54, 1.807) is 30.3 Å². The fraction of sp³-hybridized carbons (Fsp3) is 0.278. The van der Waals surface area contributed by atoms with Crippen molar-refractivity contribution in [3.8, 4) is 11.3 Å². The molecule has 2 aromatic rings. The molecule has 1 atom stereocenters. The third-order valence-electron chi connectivity index (χ3n) is 3.71. The molecule has 6 nitrogen and oxygen atoms in total. The molecule has 1 aromatic heterocycles. The van der Waals surface area contributed by atoms with E-state index in [1.807, 2.05) is 19.1 Å². The number of nitrogen functional groups attached to an aromatic ring is 1. The van der Waals surface area contributed by atoms with E-state index in [9.17, 15) is 9.59 Å². The molecule has 2 amide bonds. The van der Waals surface area contributed by atoms with Gasteiger partial charge in [-0.1, -0.05) is 38.0 Å². The number of carbonyl (C=O) groups excluding carboxylic acids is 2. The highest BCUT2D eigenvalue weighted by Gasteiger charge is 2.18. The number of nitrogens with zero attached hydrogens (tertiary/aromatic N) is 1. The van der Waals surface area contributed by atoms with Crippen molar-refractivity contribution in [1.29, 1.82) is 0 Å². The molecule has 0 aliphatic rings. The maximum Gasteiger partial charge on any atom is 0.251 e. The average molecular weight is 326 g/mol. The predicted molar refractivity (Wildman–Crippen MR) is 94.1 cm³/mol. The first kappa shape index (κ1) is 17.5. The van der Waals surface area contributed by atoms with Crippen molar-refractivity contribution in [2.24, 2.45) is 5.73 Å². The highest BCUT2D eigenvalue weighted by molar-refractivity contribution is 5.97. The van der Waals surface area contributed by atoms with Gasteiger partial charge in [0, 0.05) is 11.1 Å². The van der Waals surface area contributed by atoms with Crippen LogP contribution in [-0.2, 0) is 4.79 Å². The minimum absolute atomic E-state index is 0.318. The van der Waals surface area contributed by atoms with Gasteiger partial charge in [-0.15, -0.1) is 0 Å². The quantitative estimate of drug-likeness (QED) is 0.723. The van der Waals surface area contributed by atoms with Gasteiger partial charge in [-0.3, -0.25) is 9.59 Å². The van der Waals surface area contributed by atoms with Crippen LogP contribution in [0, 0.1) is 0 Å². The second kappa shape index (κ2) is 8.10. The Kier molecular flexibility index (Phi) is 5.89. The van der Waals surface area contributed by atoms with E-state index in [0.717, 1.165) is 24.1 Å². The van der Waals surface area contributed by atoms with Crippen LogP contribution >= 0.6 is 0 Å². The molecular formula is C18H22N4O2. The number of pyridine rings is 1. The monoisotopic (exact) mass is 326 g/mol. The normalized spacial score (nSPS) is 11.7. The minimum Gasteiger partial charge on any atom is -0.384 e. The molecule has 0 saturated heterocycles. The van der Waals surface area contributed by atoms with Crippen LogP contribution in [0.25, 0.3) is 11.3 Å². The number of amides is 2. The van der Waals surface area contributed by atoms with Gasteiger partial charge in [0.2, 0.25) is 5.91 Å². The van der Waals surface area contributed by atoms with Gasteiger partial charge < -0.3 is 16.8 Å². The van der Waals surface area contributed by atoms with E-state index < -0.39 is 11.9 Å². The van der Waals surface area contributed by atoms with E-state index in [4.69, 9.17) is 11.5 Å². The molecule has 1 unspecified atom stereocenters. The molecule has 0 bridgehead atoms. The number of primary amides is 1. The molecule has 1 aromatic carbocycles. The van der Waals surface area contributed by atoms with Crippen molar-refractivity contribution in [2.75, 3.05) is 5.73 Å². The minimum atomic E-state index is -0.646. The van der Waals surface area contributed by atoms with Gasteiger partial charge in [-0.05, 0) is 30.7 Å². The molecule has 0 aliphatic carbocycles. The van der Waals surface area contributed by atoms with Crippen molar-refractivity contribution >= 4 is 17.6 Å². The summed E-state index contributed by atoms with van der Waals surface area (Å²) in [7, 11) is 0. The summed E-state index contributed by atoms with van der Waals surface area (Å²) < 4.78 is 0. The topological polar surface area (TPSA) is 111 Å². The fourth-order valence-corrected chi connectivity index (χ4v) is 2.34. The maximum absolute atomic E-state index is 12.3. The Morgan fingerprint density at radius 3 is 2.46 bits per heavy atom.